The van der Waals surface area contributed by atoms with Gasteiger partial charge in [-0.2, -0.15) is 0 Å². The van der Waals surface area contributed by atoms with Gasteiger partial charge in [0.25, 0.3) is 5.91 Å². The molecule has 0 aromatic heterocycles. The Morgan fingerprint density at radius 3 is 2.00 bits per heavy atom. The van der Waals surface area contributed by atoms with Crippen LogP contribution in [0.1, 0.15) is 36.3 Å². The standard InChI is InChI=1S/C28H26N2O5/c31-25(32)17-30(19-9-2-1-3-10-19)26(33)28(15-8-16-28)29-27(34)35-18-24-22-13-6-4-11-20(22)21-12-5-7-14-23(21)24/h1-7,9-14,24H,8,15-18H2,(H,29,34)(H,31,32). The van der Waals surface area contributed by atoms with Gasteiger partial charge in [-0.3, -0.25) is 14.5 Å². The maximum absolute atomic E-state index is 13.5. The van der Waals surface area contributed by atoms with Gasteiger partial charge in [-0.15, -0.1) is 0 Å². The SMILES string of the molecule is O=C(O)CN(C(=O)C1(NC(=O)OCC2c3ccccc3-c3ccccc32)CCC1)c1ccccc1. The molecular formula is C28H26N2O5. The number of carboxylic acid groups (broad SMARTS) is 1. The number of carbonyl (C=O) groups excluding carboxylic acids is 2. The number of aliphatic carboxylic acids is 1. The average Bonchev–Trinajstić information content (AvgIpc) is 3.17. The quantitative estimate of drug-likeness (QED) is 0.528. The minimum Gasteiger partial charge on any atom is -0.480 e. The van der Waals surface area contributed by atoms with E-state index in [0.717, 1.165) is 28.7 Å². The number of hydrogen-bond acceptors (Lipinski definition) is 4. The van der Waals surface area contributed by atoms with Crippen molar-refractivity contribution in [1.29, 1.82) is 0 Å². The van der Waals surface area contributed by atoms with E-state index in [9.17, 15) is 19.5 Å². The van der Waals surface area contributed by atoms with Crippen LogP contribution < -0.4 is 10.2 Å². The number of rotatable bonds is 7. The van der Waals surface area contributed by atoms with Gasteiger partial charge in [0.1, 0.15) is 18.7 Å². The number of alkyl carbamates (subject to hydrolysis) is 1. The number of carboxylic acids is 1. The lowest BCUT2D eigenvalue weighted by Crippen LogP contribution is -2.64. The first-order valence-electron chi connectivity index (χ1n) is 11.7. The number of carbonyl (C=O) groups is 3. The van der Waals surface area contributed by atoms with Crippen LogP contribution in [0.5, 0.6) is 0 Å². The molecule has 2 N–H and O–H groups in total. The fourth-order valence-corrected chi connectivity index (χ4v) is 5.03. The van der Waals surface area contributed by atoms with Crippen LogP contribution >= 0.6 is 0 Å². The van der Waals surface area contributed by atoms with Gasteiger partial charge in [0, 0.05) is 11.6 Å². The summed E-state index contributed by atoms with van der Waals surface area (Å²) < 4.78 is 5.65. The van der Waals surface area contributed by atoms with E-state index in [0.29, 0.717) is 18.5 Å². The van der Waals surface area contributed by atoms with Gasteiger partial charge in [-0.1, -0.05) is 66.7 Å². The maximum Gasteiger partial charge on any atom is 0.408 e. The molecule has 178 valence electrons. The molecule has 3 aromatic rings. The summed E-state index contributed by atoms with van der Waals surface area (Å²) in [4.78, 5) is 39.1. The molecule has 0 unspecified atom stereocenters. The summed E-state index contributed by atoms with van der Waals surface area (Å²) in [6.45, 7) is -0.349. The molecule has 2 aliphatic carbocycles. The largest absolute Gasteiger partial charge is 0.480 e. The number of para-hydroxylation sites is 1. The first kappa shape index (κ1) is 22.7. The summed E-state index contributed by atoms with van der Waals surface area (Å²) in [7, 11) is 0. The van der Waals surface area contributed by atoms with E-state index in [1.165, 1.54) is 4.90 Å². The second-order valence-corrected chi connectivity index (χ2v) is 9.01. The molecule has 0 aliphatic heterocycles. The monoisotopic (exact) mass is 470 g/mol. The van der Waals surface area contributed by atoms with Crippen molar-refractivity contribution >= 4 is 23.7 Å². The summed E-state index contributed by atoms with van der Waals surface area (Å²) in [6.07, 6.45) is 0.937. The second kappa shape index (κ2) is 9.25. The number of ether oxygens (including phenoxy) is 1. The number of nitrogens with zero attached hydrogens (tertiary/aromatic N) is 1. The van der Waals surface area contributed by atoms with Crippen LogP contribution in [-0.2, 0) is 14.3 Å². The molecule has 1 fully saturated rings. The minimum atomic E-state index is -1.17. The van der Waals surface area contributed by atoms with Crippen molar-refractivity contribution in [1.82, 2.24) is 5.32 Å². The number of nitrogens with one attached hydrogen (secondary N) is 1. The van der Waals surface area contributed by atoms with Gasteiger partial charge in [0.15, 0.2) is 0 Å². The molecule has 2 amide bonds. The van der Waals surface area contributed by atoms with Crippen LogP contribution in [0.2, 0.25) is 0 Å². The van der Waals surface area contributed by atoms with Crippen LogP contribution in [-0.4, -0.2) is 41.8 Å². The predicted molar refractivity (Wildman–Crippen MR) is 131 cm³/mol. The van der Waals surface area contributed by atoms with E-state index < -0.39 is 30.1 Å². The van der Waals surface area contributed by atoms with Gasteiger partial charge in [-0.05, 0) is 53.6 Å². The Labute approximate surface area is 203 Å². The molecule has 0 atom stereocenters. The van der Waals surface area contributed by atoms with E-state index in [1.54, 1.807) is 30.3 Å². The molecule has 7 nitrogen and oxygen atoms in total. The Hall–Kier alpha value is -4.13. The molecule has 1 saturated carbocycles. The van der Waals surface area contributed by atoms with Crippen molar-refractivity contribution in [3.05, 3.63) is 90.0 Å². The topological polar surface area (TPSA) is 95.9 Å². The van der Waals surface area contributed by atoms with Crippen LogP contribution in [0.3, 0.4) is 0 Å². The fraction of sp³-hybridized carbons (Fsp3) is 0.250. The first-order chi connectivity index (χ1) is 17.0. The number of amides is 2. The van der Waals surface area contributed by atoms with Crippen LogP contribution in [0.4, 0.5) is 10.5 Å². The molecule has 5 rings (SSSR count). The smallest absolute Gasteiger partial charge is 0.408 e. The zero-order chi connectivity index (χ0) is 24.4. The molecule has 0 saturated heterocycles. The van der Waals surface area contributed by atoms with Crippen molar-refractivity contribution in [2.75, 3.05) is 18.1 Å². The predicted octanol–water partition coefficient (Wildman–Crippen LogP) is 4.57. The molecular weight excluding hydrogens is 444 g/mol. The van der Waals surface area contributed by atoms with Gasteiger partial charge >= 0.3 is 12.1 Å². The number of anilines is 1. The van der Waals surface area contributed by atoms with E-state index in [2.05, 4.69) is 17.4 Å². The molecule has 0 heterocycles. The van der Waals surface area contributed by atoms with Gasteiger partial charge in [0.05, 0.1) is 0 Å². The molecule has 0 bridgehead atoms. The lowest BCUT2D eigenvalue weighted by Gasteiger charge is -2.43. The normalized spacial score (nSPS) is 15.3. The third kappa shape index (κ3) is 4.25. The van der Waals surface area contributed by atoms with E-state index >= 15 is 0 Å². The molecule has 7 heteroatoms. The Kier molecular flexibility index (Phi) is 5.99. The highest BCUT2D eigenvalue weighted by atomic mass is 16.5. The van der Waals surface area contributed by atoms with Crippen molar-refractivity contribution in [3.8, 4) is 11.1 Å². The molecule has 35 heavy (non-hydrogen) atoms. The molecule has 0 spiro atoms. The summed E-state index contributed by atoms with van der Waals surface area (Å²) in [5.74, 6) is -1.65. The zero-order valence-electron chi connectivity index (χ0n) is 19.1. The number of fused-ring (bicyclic) bond motifs is 3. The third-order valence-electron chi connectivity index (χ3n) is 6.91. The Balaban J connectivity index is 1.31. The summed E-state index contributed by atoms with van der Waals surface area (Å²) in [5, 5.41) is 12.2. The van der Waals surface area contributed by atoms with E-state index in [1.807, 2.05) is 36.4 Å². The fourth-order valence-electron chi connectivity index (χ4n) is 5.03. The summed E-state index contributed by atoms with van der Waals surface area (Å²) in [5.41, 5.74) is 3.78. The van der Waals surface area contributed by atoms with Gasteiger partial charge in [0.2, 0.25) is 0 Å². The van der Waals surface area contributed by atoms with Crippen LogP contribution in [0.15, 0.2) is 78.9 Å². The van der Waals surface area contributed by atoms with E-state index in [-0.39, 0.29) is 12.5 Å². The number of benzene rings is 3. The Bertz CT molecular complexity index is 1220. The summed E-state index contributed by atoms with van der Waals surface area (Å²) >= 11 is 0. The first-order valence-corrected chi connectivity index (χ1v) is 11.7. The Morgan fingerprint density at radius 1 is 0.886 bits per heavy atom. The molecule has 3 aromatic carbocycles. The highest BCUT2D eigenvalue weighted by Crippen LogP contribution is 2.44. The molecule has 2 aliphatic rings. The van der Waals surface area contributed by atoms with Crippen molar-refractivity contribution < 1.29 is 24.2 Å². The van der Waals surface area contributed by atoms with Gasteiger partial charge in [-0.25, -0.2) is 4.79 Å². The van der Waals surface area contributed by atoms with E-state index in [4.69, 9.17) is 4.74 Å². The van der Waals surface area contributed by atoms with Crippen LogP contribution in [0, 0.1) is 0 Å². The van der Waals surface area contributed by atoms with Crippen LogP contribution in [0.25, 0.3) is 11.1 Å². The minimum absolute atomic E-state index is 0.0889. The third-order valence-corrected chi connectivity index (χ3v) is 6.91. The van der Waals surface area contributed by atoms with Gasteiger partial charge < -0.3 is 15.2 Å². The zero-order valence-corrected chi connectivity index (χ0v) is 19.1. The maximum atomic E-state index is 13.5. The highest BCUT2D eigenvalue weighted by molar-refractivity contribution is 6.05. The molecule has 0 radical (unpaired) electrons. The Morgan fingerprint density at radius 2 is 1.46 bits per heavy atom. The van der Waals surface area contributed by atoms with Crippen molar-refractivity contribution in [2.45, 2.75) is 30.7 Å². The lowest BCUT2D eigenvalue weighted by atomic mass is 9.75. The van der Waals surface area contributed by atoms with Crippen molar-refractivity contribution in [2.24, 2.45) is 0 Å². The van der Waals surface area contributed by atoms with Crippen molar-refractivity contribution in [3.63, 3.8) is 0 Å². The highest BCUT2D eigenvalue weighted by Gasteiger charge is 2.48. The average molecular weight is 471 g/mol. The lowest BCUT2D eigenvalue weighted by molar-refractivity contribution is -0.138. The number of hydrogen-bond donors (Lipinski definition) is 2. The summed E-state index contributed by atoms with van der Waals surface area (Å²) in [6, 6.07) is 24.8. The second-order valence-electron chi connectivity index (χ2n) is 9.01.